The van der Waals surface area contributed by atoms with Crippen LogP contribution < -0.4 is 0 Å². The summed E-state index contributed by atoms with van der Waals surface area (Å²) in [6.07, 6.45) is -2.25. The predicted molar refractivity (Wildman–Crippen MR) is 38.0 cm³/mol. The number of allylic oxidation sites excluding steroid dienone is 3. The van der Waals surface area contributed by atoms with E-state index in [4.69, 9.17) is 0 Å². The van der Waals surface area contributed by atoms with Crippen LogP contribution in [0.1, 0.15) is 0 Å². The maximum atomic E-state index is 12.0. The summed E-state index contributed by atoms with van der Waals surface area (Å²) in [6.45, 7) is 3.19. The molecule has 0 radical (unpaired) electrons. The largest absolute Gasteiger partial charge is 0.431 e. The van der Waals surface area contributed by atoms with Gasteiger partial charge in [-0.2, -0.15) is 13.2 Å². The molecule has 0 spiro atoms. The van der Waals surface area contributed by atoms with E-state index in [-0.39, 0.29) is 0 Å². The minimum Gasteiger partial charge on any atom is -0.374 e. The van der Waals surface area contributed by atoms with Gasteiger partial charge in [0, 0.05) is 14.1 Å². The molecule has 0 fully saturated rings. The minimum atomic E-state index is -4.29. The molecule has 4 heteroatoms. The zero-order chi connectivity index (χ0) is 9.07. The molecule has 1 nitrogen and oxygen atoms in total. The Morgan fingerprint density at radius 1 is 1.36 bits per heavy atom. The monoisotopic (exact) mass is 165 g/mol. The van der Waals surface area contributed by atoms with Crippen LogP contribution in [0.2, 0.25) is 0 Å². The molecule has 0 unspecified atom stereocenters. The summed E-state index contributed by atoms with van der Waals surface area (Å²) in [4.78, 5) is 1.00. The quantitative estimate of drug-likeness (QED) is 0.567. The summed E-state index contributed by atoms with van der Waals surface area (Å²) in [5.41, 5.74) is -0.701. The second-order valence-corrected chi connectivity index (χ2v) is 2.18. The lowest BCUT2D eigenvalue weighted by molar-refractivity contribution is -0.107. The zero-order valence-corrected chi connectivity index (χ0v) is 6.44. The molecule has 0 aromatic heterocycles. The smallest absolute Gasteiger partial charge is 0.374 e. The lowest BCUT2D eigenvalue weighted by Gasteiger charge is -2.18. The van der Waals surface area contributed by atoms with Gasteiger partial charge < -0.3 is 4.90 Å². The van der Waals surface area contributed by atoms with E-state index in [9.17, 15) is 13.2 Å². The molecule has 0 bridgehead atoms. The lowest BCUT2D eigenvalue weighted by Crippen LogP contribution is -2.25. The van der Waals surface area contributed by atoms with Crippen molar-refractivity contribution in [2.45, 2.75) is 6.18 Å². The first-order valence-electron chi connectivity index (χ1n) is 2.97. The Bertz CT molecular complexity index is 167. The van der Waals surface area contributed by atoms with Crippen molar-refractivity contribution < 1.29 is 13.2 Å². The van der Waals surface area contributed by atoms with Crippen LogP contribution in [0, 0.1) is 0 Å². The second kappa shape index (κ2) is 3.46. The first-order valence-corrected chi connectivity index (χ1v) is 2.97. The van der Waals surface area contributed by atoms with Crippen LogP contribution in [0.15, 0.2) is 24.4 Å². The van der Waals surface area contributed by atoms with Gasteiger partial charge in [-0.25, -0.2) is 0 Å². The Morgan fingerprint density at radius 3 is 1.91 bits per heavy atom. The second-order valence-electron chi connectivity index (χ2n) is 2.18. The number of rotatable bonds is 2. The summed E-state index contributed by atoms with van der Waals surface area (Å²) in [5, 5.41) is 0. The molecule has 0 heterocycles. The van der Waals surface area contributed by atoms with E-state index < -0.39 is 11.9 Å². The number of hydrogen-bond donors (Lipinski definition) is 0. The highest BCUT2D eigenvalue weighted by molar-refractivity contribution is 5.13. The molecule has 0 aromatic carbocycles. The molecule has 0 atom stereocenters. The van der Waals surface area contributed by atoms with E-state index in [2.05, 4.69) is 6.58 Å². The van der Waals surface area contributed by atoms with Crippen molar-refractivity contribution in [3.63, 3.8) is 0 Å². The normalized spacial score (nSPS) is 13.0. The fourth-order valence-corrected chi connectivity index (χ4v) is 0.609. The standard InChI is InChI=1S/C7H10F3N/c1-4-5-6(11(2)3)7(8,9)10/h4-5H,1H2,2-3H3/b6-5-. The molecule has 0 saturated heterocycles. The van der Waals surface area contributed by atoms with Crippen molar-refractivity contribution in [2.75, 3.05) is 14.1 Å². The van der Waals surface area contributed by atoms with Gasteiger partial charge in [0.2, 0.25) is 0 Å². The van der Waals surface area contributed by atoms with Crippen LogP contribution >= 0.6 is 0 Å². The summed E-state index contributed by atoms with van der Waals surface area (Å²) >= 11 is 0. The predicted octanol–water partition coefficient (Wildman–Crippen LogP) is 2.18. The molecule has 0 aliphatic carbocycles. The van der Waals surface area contributed by atoms with E-state index in [0.29, 0.717) is 0 Å². The van der Waals surface area contributed by atoms with Gasteiger partial charge in [0.25, 0.3) is 0 Å². The van der Waals surface area contributed by atoms with E-state index in [1.165, 1.54) is 14.1 Å². The van der Waals surface area contributed by atoms with Crippen molar-refractivity contribution in [3.8, 4) is 0 Å². The van der Waals surface area contributed by atoms with Crippen LogP contribution in [0.3, 0.4) is 0 Å². The maximum Gasteiger partial charge on any atom is 0.431 e. The number of nitrogens with zero attached hydrogens (tertiary/aromatic N) is 1. The van der Waals surface area contributed by atoms with Gasteiger partial charge in [-0.3, -0.25) is 0 Å². The highest BCUT2D eigenvalue weighted by Crippen LogP contribution is 2.26. The lowest BCUT2D eigenvalue weighted by atomic mass is 10.3. The summed E-state index contributed by atoms with van der Waals surface area (Å²) < 4.78 is 36.0. The van der Waals surface area contributed by atoms with E-state index >= 15 is 0 Å². The van der Waals surface area contributed by atoms with Crippen molar-refractivity contribution in [1.29, 1.82) is 0 Å². The summed E-state index contributed by atoms with van der Waals surface area (Å²) in [7, 11) is 2.67. The van der Waals surface area contributed by atoms with Gasteiger partial charge >= 0.3 is 6.18 Å². The highest BCUT2D eigenvalue weighted by Gasteiger charge is 2.34. The van der Waals surface area contributed by atoms with Crippen molar-refractivity contribution in [1.82, 2.24) is 4.90 Å². The van der Waals surface area contributed by atoms with Crippen molar-refractivity contribution >= 4 is 0 Å². The van der Waals surface area contributed by atoms with Gasteiger partial charge in [0.05, 0.1) is 0 Å². The molecule has 0 amide bonds. The zero-order valence-electron chi connectivity index (χ0n) is 6.44. The average molecular weight is 165 g/mol. The van der Waals surface area contributed by atoms with Gasteiger partial charge in [-0.05, 0) is 6.08 Å². The molecule has 0 saturated carbocycles. The highest BCUT2D eigenvalue weighted by atomic mass is 19.4. The van der Waals surface area contributed by atoms with Crippen LogP contribution in [-0.4, -0.2) is 25.2 Å². The van der Waals surface area contributed by atoms with Gasteiger partial charge in [-0.15, -0.1) is 0 Å². The Kier molecular flexibility index (Phi) is 3.17. The first-order chi connectivity index (χ1) is 4.89. The molecule has 0 aliphatic rings. The molecule has 0 rings (SSSR count). The molecular formula is C7H10F3N. The summed E-state index contributed by atoms with van der Waals surface area (Å²) in [6, 6.07) is 0. The SMILES string of the molecule is C=C/C=C(\N(C)C)C(F)(F)F. The van der Waals surface area contributed by atoms with E-state index in [1.54, 1.807) is 0 Å². The third kappa shape index (κ3) is 3.11. The molecule has 0 N–H and O–H groups in total. The molecule has 0 aromatic rings. The van der Waals surface area contributed by atoms with Crippen LogP contribution in [-0.2, 0) is 0 Å². The third-order valence-corrected chi connectivity index (χ3v) is 1.05. The third-order valence-electron chi connectivity index (χ3n) is 1.05. The Labute approximate surface area is 63.8 Å². The van der Waals surface area contributed by atoms with Gasteiger partial charge in [0.15, 0.2) is 0 Å². The molecule has 64 valence electrons. The molecule has 11 heavy (non-hydrogen) atoms. The molecular weight excluding hydrogens is 155 g/mol. The van der Waals surface area contributed by atoms with Crippen LogP contribution in [0.5, 0.6) is 0 Å². The number of hydrogen-bond acceptors (Lipinski definition) is 1. The number of halogens is 3. The first kappa shape index (κ1) is 10.1. The average Bonchev–Trinajstić information content (AvgIpc) is 1.79. The van der Waals surface area contributed by atoms with Gasteiger partial charge in [0.1, 0.15) is 5.70 Å². The van der Waals surface area contributed by atoms with Crippen LogP contribution in [0.4, 0.5) is 13.2 Å². The maximum absolute atomic E-state index is 12.0. The summed E-state index contributed by atoms with van der Waals surface area (Å²) in [5.74, 6) is 0. The van der Waals surface area contributed by atoms with Gasteiger partial charge in [-0.1, -0.05) is 12.7 Å². The molecule has 0 aliphatic heterocycles. The van der Waals surface area contributed by atoms with Crippen molar-refractivity contribution in [2.24, 2.45) is 0 Å². The van der Waals surface area contributed by atoms with E-state index in [0.717, 1.165) is 17.1 Å². The topological polar surface area (TPSA) is 3.24 Å². The van der Waals surface area contributed by atoms with Crippen molar-refractivity contribution in [3.05, 3.63) is 24.4 Å². The Hall–Kier alpha value is -0.930. The van der Waals surface area contributed by atoms with Crippen LogP contribution in [0.25, 0.3) is 0 Å². The fraction of sp³-hybridized carbons (Fsp3) is 0.429. The van der Waals surface area contributed by atoms with E-state index in [1.807, 2.05) is 0 Å². The Balaban J connectivity index is 4.62. The Morgan fingerprint density at radius 2 is 1.82 bits per heavy atom. The minimum absolute atomic E-state index is 0.701. The fourth-order valence-electron chi connectivity index (χ4n) is 0.609. The number of alkyl halides is 3.